The number of aliphatic carboxylic acids is 1. The molecule has 0 aliphatic carbocycles. The number of nitrogens with one attached hydrogen (secondary N) is 1. The second kappa shape index (κ2) is 4.68. The summed E-state index contributed by atoms with van der Waals surface area (Å²) in [6.07, 6.45) is -0.989. The van der Waals surface area contributed by atoms with E-state index in [1.54, 1.807) is 38.1 Å². The monoisotopic (exact) mass is 249 g/mol. The number of carboxylic acids is 1. The van der Waals surface area contributed by atoms with Crippen LogP contribution in [0.2, 0.25) is 0 Å². The van der Waals surface area contributed by atoms with Gasteiger partial charge in [0.25, 0.3) is 5.91 Å². The van der Waals surface area contributed by atoms with Crippen LogP contribution in [0, 0.1) is 11.8 Å². The molecule has 2 atom stereocenters. The summed E-state index contributed by atoms with van der Waals surface area (Å²) in [4.78, 5) is 23.1. The normalized spacial score (nSPS) is 19.7. The molecule has 1 aliphatic rings. The third kappa shape index (κ3) is 2.16. The van der Waals surface area contributed by atoms with Crippen LogP contribution in [0.4, 0.5) is 5.69 Å². The quantitative estimate of drug-likeness (QED) is 0.855. The van der Waals surface area contributed by atoms with E-state index in [0.29, 0.717) is 11.4 Å². The van der Waals surface area contributed by atoms with Gasteiger partial charge >= 0.3 is 5.97 Å². The van der Waals surface area contributed by atoms with Crippen LogP contribution >= 0.6 is 0 Å². The van der Waals surface area contributed by atoms with Crippen molar-refractivity contribution >= 4 is 17.6 Å². The Labute approximate surface area is 105 Å². The van der Waals surface area contributed by atoms with E-state index in [4.69, 9.17) is 4.74 Å². The zero-order valence-corrected chi connectivity index (χ0v) is 10.2. The fourth-order valence-corrected chi connectivity index (χ4v) is 2.07. The maximum absolute atomic E-state index is 11.9. The third-order valence-electron chi connectivity index (χ3n) is 2.99. The van der Waals surface area contributed by atoms with E-state index in [1.165, 1.54) is 0 Å². The molecule has 1 heterocycles. The van der Waals surface area contributed by atoms with Crippen molar-refractivity contribution in [3.63, 3.8) is 0 Å². The van der Waals surface area contributed by atoms with Crippen molar-refractivity contribution in [1.29, 1.82) is 0 Å². The molecule has 2 rings (SSSR count). The number of rotatable bonds is 3. The lowest BCUT2D eigenvalue weighted by Crippen LogP contribution is -2.47. The number of ether oxygens (including phenoxy) is 1. The minimum absolute atomic E-state index is 0.191. The average Bonchev–Trinajstić information content (AvgIpc) is 2.29. The fraction of sp³-hybridized carbons (Fsp3) is 0.385. The minimum Gasteiger partial charge on any atom is -0.481 e. The van der Waals surface area contributed by atoms with Gasteiger partial charge in [0, 0.05) is 0 Å². The molecule has 1 aliphatic heterocycles. The molecular formula is C13H15NO4. The molecule has 18 heavy (non-hydrogen) atoms. The van der Waals surface area contributed by atoms with Crippen molar-refractivity contribution in [3.8, 4) is 5.75 Å². The lowest BCUT2D eigenvalue weighted by atomic mass is 9.89. The summed E-state index contributed by atoms with van der Waals surface area (Å²) in [5.74, 6) is -1.98. The van der Waals surface area contributed by atoms with E-state index < -0.39 is 23.9 Å². The van der Waals surface area contributed by atoms with Gasteiger partial charge in [-0.2, -0.15) is 0 Å². The lowest BCUT2D eigenvalue weighted by Gasteiger charge is -2.31. The molecule has 2 unspecified atom stereocenters. The highest BCUT2D eigenvalue weighted by molar-refractivity contribution is 6.00. The number of carbonyl (C=O) groups is 2. The number of para-hydroxylation sites is 2. The Morgan fingerprint density at radius 2 is 2.06 bits per heavy atom. The van der Waals surface area contributed by atoms with E-state index >= 15 is 0 Å². The molecule has 0 saturated heterocycles. The SMILES string of the molecule is CC(C)C(C(=O)O)C1Oc2ccccc2NC1=O. The molecule has 5 nitrogen and oxygen atoms in total. The van der Waals surface area contributed by atoms with E-state index in [0.717, 1.165) is 0 Å². The summed E-state index contributed by atoms with van der Waals surface area (Å²) in [6.45, 7) is 3.52. The summed E-state index contributed by atoms with van der Waals surface area (Å²) in [6, 6.07) is 6.98. The first-order chi connectivity index (χ1) is 8.50. The van der Waals surface area contributed by atoms with Gasteiger partial charge in [0.05, 0.1) is 5.69 Å². The highest BCUT2D eigenvalue weighted by Gasteiger charge is 2.40. The highest BCUT2D eigenvalue weighted by Crippen LogP contribution is 2.32. The van der Waals surface area contributed by atoms with Gasteiger partial charge in [-0.3, -0.25) is 9.59 Å². The number of fused-ring (bicyclic) bond motifs is 1. The number of amides is 1. The maximum atomic E-state index is 11.9. The average molecular weight is 249 g/mol. The van der Waals surface area contributed by atoms with Crippen LogP contribution in [0.1, 0.15) is 13.8 Å². The zero-order valence-electron chi connectivity index (χ0n) is 10.2. The minimum atomic E-state index is -1.02. The zero-order chi connectivity index (χ0) is 13.3. The van der Waals surface area contributed by atoms with Crippen LogP contribution < -0.4 is 10.1 Å². The second-order valence-electron chi connectivity index (χ2n) is 4.63. The van der Waals surface area contributed by atoms with Crippen molar-refractivity contribution in [2.24, 2.45) is 11.8 Å². The van der Waals surface area contributed by atoms with Gasteiger partial charge in [-0.25, -0.2) is 0 Å². The first kappa shape index (κ1) is 12.4. The molecule has 0 bridgehead atoms. The maximum Gasteiger partial charge on any atom is 0.311 e. The van der Waals surface area contributed by atoms with Gasteiger partial charge in [0.2, 0.25) is 0 Å². The van der Waals surface area contributed by atoms with Crippen LogP contribution in [0.25, 0.3) is 0 Å². The van der Waals surface area contributed by atoms with Crippen molar-refractivity contribution in [1.82, 2.24) is 0 Å². The van der Waals surface area contributed by atoms with Crippen LogP contribution in [0.15, 0.2) is 24.3 Å². The van der Waals surface area contributed by atoms with Crippen molar-refractivity contribution in [2.45, 2.75) is 20.0 Å². The van der Waals surface area contributed by atoms with Crippen molar-refractivity contribution < 1.29 is 19.4 Å². The number of carboxylic acid groups (broad SMARTS) is 1. The summed E-state index contributed by atoms with van der Waals surface area (Å²) in [7, 11) is 0. The first-order valence-electron chi connectivity index (χ1n) is 5.80. The largest absolute Gasteiger partial charge is 0.481 e. The Morgan fingerprint density at radius 1 is 1.39 bits per heavy atom. The molecule has 0 radical (unpaired) electrons. The third-order valence-corrected chi connectivity index (χ3v) is 2.99. The van der Waals surface area contributed by atoms with Gasteiger partial charge in [-0.1, -0.05) is 26.0 Å². The van der Waals surface area contributed by atoms with Crippen LogP contribution in [0.3, 0.4) is 0 Å². The smallest absolute Gasteiger partial charge is 0.311 e. The lowest BCUT2D eigenvalue weighted by molar-refractivity contribution is -0.151. The molecule has 1 aromatic carbocycles. The first-order valence-corrected chi connectivity index (χ1v) is 5.80. The number of benzene rings is 1. The molecule has 1 amide bonds. The second-order valence-corrected chi connectivity index (χ2v) is 4.63. The molecule has 2 N–H and O–H groups in total. The number of anilines is 1. The Morgan fingerprint density at radius 3 is 2.67 bits per heavy atom. The predicted molar refractivity (Wildman–Crippen MR) is 65.5 cm³/mol. The van der Waals surface area contributed by atoms with E-state index in [-0.39, 0.29) is 5.92 Å². The topological polar surface area (TPSA) is 75.6 Å². The van der Waals surface area contributed by atoms with E-state index in [1.807, 2.05) is 0 Å². The molecular weight excluding hydrogens is 234 g/mol. The molecule has 96 valence electrons. The highest BCUT2D eigenvalue weighted by atomic mass is 16.5. The van der Waals surface area contributed by atoms with Crippen molar-refractivity contribution in [3.05, 3.63) is 24.3 Å². The van der Waals surface area contributed by atoms with Gasteiger partial charge in [-0.05, 0) is 18.1 Å². The number of hydrogen-bond acceptors (Lipinski definition) is 3. The Kier molecular flexibility index (Phi) is 3.23. The van der Waals surface area contributed by atoms with Gasteiger partial charge < -0.3 is 15.2 Å². The summed E-state index contributed by atoms with van der Waals surface area (Å²) >= 11 is 0. The van der Waals surface area contributed by atoms with Gasteiger partial charge in [-0.15, -0.1) is 0 Å². The molecule has 0 saturated carbocycles. The molecule has 5 heteroatoms. The molecule has 0 aromatic heterocycles. The van der Waals surface area contributed by atoms with E-state index in [2.05, 4.69) is 5.32 Å². The van der Waals surface area contributed by atoms with E-state index in [9.17, 15) is 14.7 Å². The van der Waals surface area contributed by atoms with Crippen LogP contribution in [0.5, 0.6) is 5.75 Å². The molecule has 0 fully saturated rings. The summed E-state index contributed by atoms with van der Waals surface area (Å²) < 4.78 is 5.54. The van der Waals surface area contributed by atoms with Crippen molar-refractivity contribution in [2.75, 3.05) is 5.32 Å². The van der Waals surface area contributed by atoms with Gasteiger partial charge in [0.1, 0.15) is 11.7 Å². The Bertz CT molecular complexity index is 484. The Hall–Kier alpha value is -2.04. The fourth-order valence-electron chi connectivity index (χ4n) is 2.07. The van der Waals surface area contributed by atoms with Gasteiger partial charge in [0.15, 0.2) is 6.10 Å². The van der Waals surface area contributed by atoms with Crippen LogP contribution in [-0.4, -0.2) is 23.1 Å². The molecule has 0 spiro atoms. The summed E-state index contributed by atoms with van der Waals surface area (Å²) in [5, 5.41) is 11.9. The standard InChI is InChI=1S/C13H15NO4/c1-7(2)10(13(16)17)11-12(15)14-8-5-3-4-6-9(8)18-11/h3-7,10-11H,1-2H3,(H,14,15)(H,16,17). The number of carbonyl (C=O) groups excluding carboxylic acids is 1. The molecule has 1 aromatic rings. The predicted octanol–water partition coefficient (Wildman–Crippen LogP) is 1.74. The summed E-state index contributed by atoms with van der Waals surface area (Å²) in [5.41, 5.74) is 0.576. The number of hydrogen-bond donors (Lipinski definition) is 2. The Balaban J connectivity index is 2.31. The van der Waals surface area contributed by atoms with Crippen LogP contribution in [-0.2, 0) is 9.59 Å².